The fourth-order valence-electron chi connectivity index (χ4n) is 5.23. The Hall–Kier alpha value is -3.98. The van der Waals surface area contributed by atoms with Crippen LogP contribution >= 0.6 is 0 Å². The average molecular weight is 535 g/mol. The van der Waals surface area contributed by atoms with Crippen LogP contribution in [0.4, 0.5) is 11.4 Å². The number of sulfonamides is 1. The molecule has 8 nitrogen and oxygen atoms in total. The van der Waals surface area contributed by atoms with Crippen LogP contribution in [0.1, 0.15) is 53.7 Å². The fourth-order valence-corrected chi connectivity index (χ4v) is 6.32. The number of fused-ring (bicyclic) bond motifs is 3. The predicted octanol–water partition coefficient (Wildman–Crippen LogP) is 5.81. The molecule has 0 saturated heterocycles. The monoisotopic (exact) mass is 534 g/mol. The number of hydrogen-bond acceptors (Lipinski definition) is 6. The van der Waals surface area contributed by atoms with E-state index in [0.717, 1.165) is 29.0 Å². The summed E-state index contributed by atoms with van der Waals surface area (Å²) in [5.74, 6) is 0.632. The summed E-state index contributed by atoms with van der Waals surface area (Å²) in [4.78, 5) is 11.2. The zero-order chi connectivity index (χ0) is 26.9. The van der Waals surface area contributed by atoms with E-state index in [9.17, 15) is 13.2 Å². The molecule has 3 N–H and O–H groups in total. The molecule has 0 amide bonds. The summed E-state index contributed by atoms with van der Waals surface area (Å²) in [6.07, 6.45) is 5.18. The number of benzene rings is 3. The van der Waals surface area contributed by atoms with E-state index in [1.165, 1.54) is 24.3 Å². The lowest BCUT2D eigenvalue weighted by atomic mass is 9.77. The minimum absolute atomic E-state index is 0.0192. The lowest BCUT2D eigenvalue weighted by Crippen LogP contribution is -2.29. The van der Waals surface area contributed by atoms with Gasteiger partial charge in [0.15, 0.2) is 11.5 Å². The van der Waals surface area contributed by atoms with Gasteiger partial charge in [0.05, 0.1) is 29.7 Å². The van der Waals surface area contributed by atoms with Gasteiger partial charge in [0.25, 0.3) is 10.0 Å². The number of hydrogen-bond donors (Lipinski definition) is 3. The van der Waals surface area contributed by atoms with Crippen molar-refractivity contribution in [1.29, 1.82) is 0 Å². The van der Waals surface area contributed by atoms with Crippen molar-refractivity contribution in [2.45, 2.75) is 37.1 Å². The number of ether oxygens (including phenoxy) is 2. The molecule has 9 heteroatoms. The summed E-state index contributed by atoms with van der Waals surface area (Å²) in [7, 11) is -3.88. The summed E-state index contributed by atoms with van der Waals surface area (Å²) in [5.41, 5.74) is 3.29. The minimum Gasteiger partial charge on any atom is -0.490 e. The topological polar surface area (TPSA) is 114 Å². The van der Waals surface area contributed by atoms with Crippen molar-refractivity contribution in [2.24, 2.45) is 5.92 Å². The summed E-state index contributed by atoms with van der Waals surface area (Å²) >= 11 is 0. The van der Waals surface area contributed by atoms with Crippen molar-refractivity contribution in [3.63, 3.8) is 0 Å². The van der Waals surface area contributed by atoms with Gasteiger partial charge in [-0.3, -0.25) is 4.72 Å². The highest BCUT2D eigenvalue weighted by Crippen LogP contribution is 2.51. The van der Waals surface area contributed by atoms with Crippen molar-refractivity contribution in [1.82, 2.24) is 0 Å². The third-order valence-corrected chi connectivity index (χ3v) is 8.33. The lowest BCUT2D eigenvalue weighted by Gasteiger charge is -2.38. The van der Waals surface area contributed by atoms with Crippen molar-refractivity contribution in [3.8, 4) is 11.5 Å². The number of carbonyl (C=O) groups is 1. The van der Waals surface area contributed by atoms with Gasteiger partial charge >= 0.3 is 5.97 Å². The first-order chi connectivity index (χ1) is 18.3. The Morgan fingerprint density at radius 3 is 2.45 bits per heavy atom. The Labute approximate surface area is 222 Å². The van der Waals surface area contributed by atoms with E-state index in [1.54, 1.807) is 12.1 Å². The number of anilines is 2. The van der Waals surface area contributed by atoms with E-state index >= 15 is 0 Å². The smallest absolute Gasteiger partial charge is 0.335 e. The molecule has 0 aromatic heterocycles. The molecule has 198 valence electrons. The SMILES string of the molecule is CCOc1ccc([C@H]2Nc3ccc(S(=O)(=O)Nc4ccc(C(=O)O)cc4)cc3[C@H]3C=CC[C@H]32)cc1OCC. The van der Waals surface area contributed by atoms with Crippen LogP contribution in [0.5, 0.6) is 11.5 Å². The zero-order valence-electron chi connectivity index (χ0n) is 21.2. The van der Waals surface area contributed by atoms with Gasteiger partial charge in [-0.05, 0) is 91.9 Å². The quantitative estimate of drug-likeness (QED) is 0.297. The first-order valence-corrected chi connectivity index (χ1v) is 14.1. The van der Waals surface area contributed by atoms with E-state index < -0.39 is 16.0 Å². The van der Waals surface area contributed by atoms with Crippen LogP contribution in [-0.2, 0) is 10.0 Å². The molecule has 5 rings (SSSR count). The molecule has 3 aromatic carbocycles. The van der Waals surface area contributed by atoms with Crippen molar-refractivity contribution >= 4 is 27.4 Å². The van der Waals surface area contributed by atoms with E-state index in [0.29, 0.717) is 24.7 Å². The van der Waals surface area contributed by atoms with E-state index in [2.05, 4.69) is 28.3 Å². The van der Waals surface area contributed by atoms with Gasteiger partial charge in [0.2, 0.25) is 0 Å². The van der Waals surface area contributed by atoms with Crippen LogP contribution in [0.3, 0.4) is 0 Å². The maximum atomic E-state index is 13.2. The number of carboxylic acid groups (broad SMARTS) is 1. The lowest BCUT2D eigenvalue weighted by molar-refractivity contribution is 0.0697. The van der Waals surface area contributed by atoms with Gasteiger partial charge in [0, 0.05) is 17.3 Å². The fraction of sp³-hybridized carbons (Fsp3) is 0.276. The first kappa shape index (κ1) is 25.7. The largest absolute Gasteiger partial charge is 0.490 e. The second kappa shape index (κ2) is 10.4. The van der Waals surface area contributed by atoms with Gasteiger partial charge in [-0.15, -0.1) is 0 Å². The number of carboxylic acids is 1. The molecule has 38 heavy (non-hydrogen) atoms. The molecule has 0 saturated carbocycles. The third kappa shape index (κ3) is 4.93. The van der Waals surface area contributed by atoms with Crippen LogP contribution < -0.4 is 19.5 Å². The van der Waals surface area contributed by atoms with Gasteiger partial charge in [-0.2, -0.15) is 0 Å². The maximum absolute atomic E-state index is 13.2. The summed E-state index contributed by atoms with van der Waals surface area (Å²) in [5, 5.41) is 12.7. The second-order valence-corrected chi connectivity index (χ2v) is 11.0. The van der Waals surface area contributed by atoms with Crippen LogP contribution in [-0.4, -0.2) is 32.7 Å². The van der Waals surface area contributed by atoms with E-state index in [-0.39, 0.29) is 28.3 Å². The molecule has 3 aromatic rings. The van der Waals surface area contributed by atoms with Crippen molar-refractivity contribution in [2.75, 3.05) is 23.3 Å². The molecule has 1 heterocycles. The average Bonchev–Trinajstić information content (AvgIpc) is 3.40. The normalized spacial score (nSPS) is 19.7. The standard InChI is InChI=1S/C29H30N2O6S/c1-3-36-26-15-10-19(16-27(26)37-4-2)28-23-7-5-6-22(23)24-17-21(13-14-25(24)30-28)38(34,35)31-20-11-8-18(9-12-20)29(32)33/h5-6,8-17,22-23,28,30-31H,3-4,7H2,1-2H3,(H,32,33)/t22-,23+,28+/m0/s1. The zero-order valence-corrected chi connectivity index (χ0v) is 22.0. The molecule has 3 atom stereocenters. The Morgan fingerprint density at radius 1 is 1.00 bits per heavy atom. The minimum atomic E-state index is -3.88. The number of rotatable bonds is 9. The highest BCUT2D eigenvalue weighted by molar-refractivity contribution is 7.92. The van der Waals surface area contributed by atoms with E-state index in [4.69, 9.17) is 14.6 Å². The Morgan fingerprint density at radius 2 is 1.74 bits per heavy atom. The summed E-state index contributed by atoms with van der Waals surface area (Å²) < 4.78 is 40.5. The Kier molecular flexibility index (Phi) is 7.03. The molecule has 1 aliphatic heterocycles. The molecular formula is C29H30N2O6S. The predicted molar refractivity (Wildman–Crippen MR) is 146 cm³/mol. The molecule has 1 aliphatic carbocycles. The molecule has 0 radical (unpaired) electrons. The van der Waals surface area contributed by atoms with Gasteiger partial charge in [-0.1, -0.05) is 18.2 Å². The van der Waals surface area contributed by atoms with Gasteiger partial charge in [0.1, 0.15) is 0 Å². The third-order valence-electron chi connectivity index (χ3n) is 6.96. The second-order valence-electron chi connectivity index (χ2n) is 9.28. The van der Waals surface area contributed by atoms with Crippen LogP contribution in [0.15, 0.2) is 77.7 Å². The molecule has 0 fully saturated rings. The molecule has 0 bridgehead atoms. The molecule has 2 aliphatic rings. The van der Waals surface area contributed by atoms with Gasteiger partial charge < -0.3 is 19.9 Å². The van der Waals surface area contributed by atoms with E-state index in [1.807, 2.05) is 32.0 Å². The number of allylic oxidation sites excluding steroid dienone is 2. The molecule has 0 spiro atoms. The van der Waals surface area contributed by atoms with Crippen LogP contribution in [0.2, 0.25) is 0 Å². The van der Waals surface area contributed by atoms with Gasteiger partial charge in [-0.25, -0.2) is 13.2 Å². The summed E-state index contributed by atoms with van der Waals surface area (Å²) in [6, 6.07) is 16.8. The number of aromatic carboxylic acids is 1. The maximum Gasteiger partial charge on any atom is 0.335 e. The molecular weight excluding hydrogens is 504 g/mol. The molecule has 0 unspecified atom stereocenters. The highest BCUT2D eigenvalue weighted by atomic mass is 32.2. The van der Waals surface area contributed by atoms with Crippen LogP contribution in [0, 0.1) is 5.92 Å². The highest BCUT2D eigenvalue weighted by Gasteiger charge is 2.38. The van der Waals surface area contributed by atoms with Crippen LogP contribution in [0.25, 0.3) is 0 Å². The first-order valence-electron chi connectivity index (χ1n) is 12.6. The Balaban J connectivity index is 1.44. The van der Waals surface area contributed by atoms with Crippen molar-refractivity contribution in [3.05, 3.63) is 89.5 Å². The summed E-state index contributed by atoms with van der Waals surface area (Å²) in [6.45, 7) is 4.97. The Bertz CT molecular complexity index is 1480. The van der Waals surface area contributed by atoms with Crippen molar-refractivity contribution < 1.29 is 27.8 Å². The number of nitrogens with one attached hydrogen (secondary N) is 2.